The van der Waals surface area contributed by atoms with Crippen molar-refractivity contribution >= 4 is 35.0 Å². The van der Waals surface area contributed by atoms with E-state index in [1.807, 2.05) is 13.0 Å². The van der Waals surface area contributed by atoms with Crippen LogP contribution in [0.3, 0.4) is 0 Å². The van der Waals surface area contributed by atoms with Crippen LogP contribution < -0.4 is 10.1 Å². The molecule has 0 aliphatic rings. The molecule has 2 aromatic rings. The molecule has 0 aliphatic heterocycles. The van der Waals surface area contributed by atoms with Crippen molar-refractivity contribution in [2.75, 3.05) is 13.7 Å². The van der Waals surface area contributed by atoms with Crippen molar-refractivity contribution in [3.05, 3.63) is 63.6 Å². The van der Waals surface area contributed by atoms with E-state index in [0.29, 0.717) is 15.8 Å². The van der Waals surface area contributed by atoms with Gasteiger partial charge in [-0.1, -0.05) is 35.3 Å². The molecule has 0 aromatic heterocycles. The molecule has 1 N–H and O–H groups in total. The summed E-state index contributed by atoms with van der Waals surface area (Å²) in [5.41, 5.74) is 1.69. The lowest BCUT2D eigenvalue weighted by Gasteiger charge is -2.28. The summed E-state index contributed by atoms with van der Waals surface area (Å²) in [5.74, 6) is -0.0213. The van der Waals surface area contributed by atoms with Crippen molar-refractivity contribution in [2.24, 2.45) is 0 Å². The van der Waals surface area contributed by atoms with Crippen LogP contribution in [-0.4, -0.2) is 36.4 Å². The number of carbonyl (C=O) groups excluding carboxylic acids is 2. The Balaban J connectivity index is 2.14. The number of rotatable bonds is 7. The Labute approximate surface area is 169 Å². The molecule has 5 nitrogen and oxygen atoms in total. The highest BCUT2D eigenvalue weighted by Gasteiger charge is 2.26. The molecule has 0 fully saturated rings. The van der Waals surface area contributed by atoms with Crippen LogP contribution in [0.15, 0.2) is 42.5 Å². The van der Waals surface area contributed by atoms with Crippen LogP contribution in [0.5, 0.6) is 5.75 Å². The number of aryl methyl sites for hydroxylation is 1. The fourth-order valence-corrected chi connectivity index (χ4v) is 2.89. The summed E-state index contributed by atoms with van der Waals surface area (Å²) in [7, 11) is 1.54. The Morgan fingerprint density at radius 2 is 1.93 bits per heavy atom. The van der Waals surface area contributed by atoms with Gasteiger partial charge in [0.2, 0.25) is 5.91 Å². The van der Waals surface area contributed by atoms with Crippen molar-refractivity contribution < 1.29 is 14.3 Å². The number of hydrogen-bond acceptors (Lipinski definition) is 3. The Hall–Kier alpha value is -2.24. The van der Waals surface area contributed by atoms with Gasteiger partial charge in [0.1, 0.15) is 11.8 Å². The molecule has 0 spiro atoms. The van der Waals surface area contributed by atoms with Gasteiger partial charge in [0.25, 0.3) is 5.91 Å². The standard InChI is InChI=1S/C20H22Cl2N2O3/c1-13-9-17(7-8-18(13)22)27-12-19(25)24(14(2)20(26)23-3)11-15-5-4-6-16(21)10-15/h4-10,14H,11-12H2,1-3H3,(H,23,26)/t14-/m0/s1. The molecule has 0 bridgehead atoms. The maximum Gasteiger partial charge on any atom is 0.261 e. The van der Waals surface area contributed by atoms with E-state index in [1.165, 1.54) is 11.9 Å². The number of benzene rings is 2. The monoisotopic (exact) mass is 408 g/mol. The van der Waals surface area contributed by atoms with Gasteiger partial charge in [-0.2, -0.15) is 0 Å². The van der Waals surface area contributed by atoms with E-state index in [1.54, 1.807) is 43.3 Å². The van der Waals surface area contributed by atoms with Gasteiger partial charge in [-0.15, -0.1) is 0 Å². The maximum absolute atomic E-state index is 12.8. The average Bonchev–Trinajstić information content (AvgIpc) is 2.65. The predicted molar refractivity (Wildman–Crippen MR) is 107 cm³/mol. The van der Waals surface area contributed by atoms with E-state index in [-0.39, 0.29) is 25.0 Å². The zero-order valence-corrected chi connectivity index (χ0v) is 17.0. The minimum absolute atomic E-state index is 0.191. The van der Waals surface area contributed by atoms with Crippen LogP contribution >= 0.6 is 23.2 Å². The average molecular weight is 409 g/mol. The highest BCUT2D eigenvalue weighted by atomic mass is 35.5. The molecule has 0 saturated heterocycles. The minimum Gasteiger partial charge on any atom is -0.484 e. The third-order valence-corrected chi connectivity index (χ3v) is 4.81. The minimum atomic E-state index is -0.656. The smallest absolute Gasteiger partial charge is 0.261 e. The molecule has 7 heteroatoms. The highest BCUT2D eigenvalue weighted by molar-refractivity contribution is 6.31. The van der Waals surface area contributed by atoms with E-state index in [2.05, 4.69) is 5.32 Å². The van der Waals surface area contributed by atoms with Gasteiger partial charge < -0.3 is 15.0 Å². The van der Waals surface area contributed by atoms with Gasteiger partial charge in [0.05, 0.1) is 0 Å². The van der Waals surface area contributed by atoms with E-state index < -0.39 is 6.04 Å². The first-order valence-electron chi connectivity index (χ1n) is 8.46. The molecule has 2 rings (SSSR count). The molecule has 0 aliphatic carbocycles. The summed E-state index contributed by atoms with van der Waals surface area (Å²) in [6.07, 6.45) is 0. The summed E-state index contributed by atoms with van der Waals surface area (Å²) < 4.78 is 5.60. The number of likely N-dealkylation sites (N-methyl/N-ethyl adjacent to an activating group) is 1. The normalized spacial score (nSPS) is 11.6. The van der Waals surface area contributed by atoms with E-state index >= 15 is 0 Å². The first-order valence-corrected chi connectivity index (χ1v) is 9.22. The second-order valence-electron chi connectivity index (χ2n) is 6.14. The summed E-state index contributed by atoms with van der Waals surface area (Å²) in [6, 6.07) is 11.7. The van der Waals surface area contributed by atoms with Crippen molar-refractivity contribution in [1.29, 1.82) is 0 Å². The van der Waals surface area contributed by atoms with Crippen LogP contribution in [0.4, 0.5) is 0 Å². The second kappa shape index (κ2) is 9.62. The molecular weight excluding hydrogens is 387 g/mol. The van der Waals surface area contributed by atoms with Gasteiger partial charge in [0.15, 0.2) is 6.61 Å². The lowest BCUT2D eigenvalue weighted by Crippen LogP contribution is -2.48. The summed E-state index contributed by atoms with van der Waals surface area (Å²) >= 11 is 12.0. The van der Waals surface area contributed by atoms with Gasteiger partial charge in [-0.25, -0.2) is 0 Å². The second-order valence-corrected chi connectivity index (χ2v) is 6.99. The number of hydrogen-bond donors (Lipinski definition) is 1. The predicted octanol–water partition coefficient (Wildman–Crippen LogP) is 3.84. The largest absolute Gasteiger partial charge is 0.484 e. The third-order valence-electron chi connectivity index (χ3n) is 4.15. The van der Waals surface area contributed by atoms with Gasteiger partial charge in [0, 0.05) is 23.6 Å². The molecule has 0 radical (unpaired) electrons. The van der Waals surface area contributed by atoms with Crippen molar-refractivity contribution in [1.82, 2.24) is 10.2 Å². The third kappa shape index (κ3) is 5.88. The van der Waals surface area contributed by atoms with Gasteiger partial charge >= 0.3 is 0 Å². The molecular formula is C20H22Cl2N2O3. The number of nitrogens with one attached hydrogen (secondary N) is 1. The van der Waals surface area contributed by atoms with Crippen LogP contribution in [0.1, 0.15) is 18.1 Å². The van der Waals surface area contributed by atoms with Crippen molar-refractivity contribution in [3.8, 4) is 5.75 Å². The van der Waals surface area contributed by atoms with Gasteiger partial charge in [-0.05, 0) is 55.3 Å². The molecule has 144 valence electrons. The van der Waals surface area contributed by atoms with E-state index in [4.69, 9.17) is 27.9 Å². The summed E-state index contributed by atoms with van der Waals surface area (Å²) in [5, 5.41) is 3.77. The zero-order chi connectivity index (χ0) is 20.0. The number of nitrogens with zero attached hydrogens (tertiary/aromatic N) is 1. The molecule has 27 heavy (non-hydrogen) atoms. The number of amides is 2. The number of carbonyl (C=O) groups is 2. The van der Waals surface area contributed by atoms with E-state index in [0.717, 1.165) is 11.1 Å². The first kappa shape index (κ1) is 21.1. The van der Waals surface area contributed by atoms with Crippen LogP contribution in [0.25, 0.3) is 0 Å². The van der Waals surface area contributed by atoms with Gasteiger partial charge in [-0.3, -0.25) is 9.59 Å². The maximum atomic E-state index is 12.8. The first-order chi connectivity index (χ1) is 12.8. The molecule has 2 amide bonds. The molecule has 0 saturated carbocycles. The van der Waals surface area contributed by atoms with E-state index in [9.17, 15) is 9.59 Å². The quantitative estimate of drug-likeness (QED) is 0.756. The van der Waals surface area contributed by atoms with Crippen molar-refractivity contribution in [2.45, 2.75) is 26.4 Å². The highest BCUT2D eigenvalue weighted by Crippen LogP contribution is 2.21. The summed E-state index contributed by atoms with van der Waals surface area (Å²) in [6.45, 7) is 3.59. The van der Waals surface area contributed by atoms with Crippen LogP contribution in [-0.2, 0) is 16.1 Å². The lowest BCUT2D eigenvalue weighted by molar-refractivity contribution is -0.142. The van der Waals surface area contributed by atoms with Crippen LogP contribution in [0.2, 0.25) is 10.0 Å². The van der Waals surface area contributed by atoms with Crippen molar-refractivity contribution in [3.63, 3.8) is 0 Å². The number of halogens is 2. The number of ether oxygens (including phenoxy) is 1. The molecule has 1 atom stereocenters. The Kier molecular flexibility index (Phi) is 7.51. The fourth-order valence-electron chi connectivity index (χ4n) is 2.56. The Bertz CT molecular complexity index is 827. The Morgan fingerprint density at radius 1 is 1.19 bits per heavy atom. The lowest BCUT2D eigenvalue weighted by atomic mass is 10.1. The summed E-state index contributed by atoms with van der Waals surface area (Å²) in [4.78, 5) is 26.3. The Morgan fingerprint density at radius 3 is 2.56 bits per heavy atom. The molecule has 0 unspecified atom stereocenters. The zero-order valence-electron chi connectivity index (χ0n) is 15.5. The molecule has 2 aromatic carbocycles. The topological polar surface area (TPSA) is 58.6 Å². The molecule has 0 heterocycles. The fraction of sp³-hybridized carbons (Fsp3) is 0.300. The van der Waals surface area contributed by atoms with Crippen LogP contribution in [0, 0.1) is 6.92 Å². The SMILES string of the molecule is CNC(=O)[C@H](C)N(Cc1cccc(Cl)c1)C(=O)COc1ccc(Cl)c(C)c1.